The van der Waals surface area contributed by atoms with E-state index in [2.05, 4.69) is 23.9 Å². The van der Waals surface area contributed by atoms with Crippen LogP contribution in [0.15, 0.2) is 0 Å². The van der Waals surface area contributed by atoms with Gasteiger partial charge in [-0.25, -0.2) is 9.59 Å². The Labute approximate surface area is 118 Å². The topological polar surface area (TPSA) is 95.9 Å². The number of carboxylic acid groups (broad SMARTS) is 1. The van der Waals surface area contributed by atoms with Crippen LogP contribution in [-0.4, -0.2) is 54.2 Å². The minimum Gasteiger partial charge on any atom is -0.480 e. The number of urea groups is 1. The first-order valence-electron chi connectivity index (χ1n) is 6.70. The highest BCUT2D eigenvalue weighted by Crippen LogP contribution is 2.23. The number of carbonyl (C=O) groups is 3. The van der Waals surface area contributed by atoms with E-state index in [1.807, 2.05) is 0 Å². The molecule has 2 amide bonds. The van der Waals surface area contributed by atoms with Gasteiger partial charge in [0.1, 0.15) is 6.04 Å². The molecule has 1 fully saturated rings. The molecule has 2 N–H and O–H groups in total. The van der Waals surface area contributed by atoms with E-state index in [4.69, 9.17) is 5.11 Å². The highest BCUT2D eigenvalue weighted by Gasteiger charge is 2.31. The number of nitrogens with zero attached hydrogens (tertiary/aromatic N) is 1. The van der Waals surface area contributed by atoms with Crippen molar-refractivity contribution < 1.29 is 24.2 Å². The minimum atomic E-state index is -1.26. The Morgan fingerprint density at radius 2 is 2.05 bits per heavy atom. The summed E-state index contributed by atoms with van der Waals surface area (Å²) in [6, 6.07) is -1.70. The van der Waals surface area contributed by atoms with Crippen molar-refractivity contribution in [2.24, 2.45) is 11.8 Å². The molecule has 7 nitrogen and oxygen atoms in total. The van der Waals surface area contributed by atoms with E-state index in [1.165, 1.54) is 7.11 Å². The molecule has 1 heterocycles. The second-order valence-electron chi connectivity index (χ2n) is 5.36. The van der Waals surface area contributed by atoms with Crippen LogP contribution in [-0.2, 0) is 14.3 Å². The molecule has 0 aromatic heterocycles. The molecular formula is C13H22N2O5. The van der Waals surface area contributed by atoms with Gasteiger partial charge in [-0.2, -0.15) is 0 Å². The van der Waals surface area contributed by atoms with Gasteiger partial charge in [0.05, 0.1) is 13.5 Å². The van der Waals surface area contributed by atoms with E-state index in [-0.39, 0.29) is 6.42 Å². The van der Waals surface area contributed by atoms with Gasteiger partial charge in [0.15, 0.2) is 0 Å². The van der Waals surface area contributed by atoms with Gasteiger partial charge in [-0.3, -0.25) is 4.79 Å². The largest absolute Gasteiger partial charge is 0.480 e. The lowest BCUT2D eigenvalue weighted by molar-refractivity contribution is -0.147. The number of carbonyl (C=O) groups excluding carboxylic acids is 2. The number of carboxylic acids is 1. The van der Waals surface area contributed by atoms with Crippen molar-refractivity contribution in [3.8, 4) is 0 Å². The molecule has 1 aliphatic rings. The zero-order valence-corrected chi connectivity index (χ0v) is 12.1. The van der Waals surface area contributed by atoms with Crippen LogP contribution in [0.4, 0.5) is 4.79 Å². The summed E-state index contributed by atoms with van der Waals surface area (Å²) in [6.45, 7) is 5.43. The second kappa shape index (κ2) is 7.12. The predicted octanol–water partition coefficient (Wildman–Crippen LogP) is 0.690. The van der Waals surface area contributed by atoms with Crippen molar-refractivity contribution in [2.75, 3.05) is 20.2 Å². The Balaban J connectivity index is 2.54. The zero-order valence-electron chi connectivity index (χ0n) is 12.1. The average molecular weight is 286 g/mol. The molecule has 1 rings (SSSR count). The average Bonchev–Trinajstić information content (AvgIpc) is 2.87. The lowest BCUT2D eigenvalue weighted by Crippen LogP contribution is -2.48. The Bertz CT molecular complexity index is 383. The Hall–Kier alpha value is -1.79. The number of esters is 1. The minimum absolute atomic E-state index is 0.376. The van der Waals surface area contributed by atoms with Crippen molar-refractivity contribution in [1.29, 1.82) is 0 Å². The maximum Gasteiger partial charge on any atom is 0.326 e. The van der Waals surface area contributed by atoms with Gasteiger partial charge in [-0.05, 0) is 18.3 Å². The molecule has 114 valence electrons. The molecule has 20 heavy (non-hydrogen) atoms. The first-order valence-corrected chi connectivity index (χ1v) is 6.70. The number of aliphatic carboxylic acids is 1. The van der Waals surface area contributed by atoms with Gasteiger partial charge in [0.25, 0.3) is 0 Å². The van der Waals surface area contributed by atoms with Gasteiger partial charge in [0, 0.05) is 13.1 Å². The molecule has 7 heteroatoms. The maximum absolute atomic E-state index is 12.0. The van der Waals surface area contributed by atoms with Crippen LogP contribution in [0.5, 0.6) is 0 Å². The fourth-order valence-corrected chi connectivity index (χ4v) is 2.21. The Kier molecular flexibility index (Phi) is 5.79. The number of methoxy groups -OCH3 is 1. The number of likely N-dealkylation sites (tertiary alicyclic amines) is 1. The van der Waals surface area contributed by atoms with E-state index in [0.29, 0.717) is 24.9 Å². The molecular weight excluding hydrogens is 264 g/mol. The fourth-order valence-electron chi connectivity index (χ4n) is 2.21. The molecule has 0 aromatic rings. The molecule has 0 radical (unpaired) electrons. The van der Waals surface area contributed by atoms with Crippen LogP contribution < -0.4 is 5.32 Å². The molecule has 2 atom stereocenters. The number of ether oxygens (including phenoxy) is 1. The third-order valence-corrected chi connectivity index (χ3v) is 3.65. The van der Waals surface area contributed by atoms with Gasteiger partial charge in [-0.15, -0.1) is 0 Å². The van der Waals surface area contributed by atoms with E-state index in [9.17, 15) is 14.4 Å². The van der Waals surface area contributed by atoms with Crippen LogP contribution in [0.2, 0.25) is 0 Å². The van der Waals surface area contributed by atoms with Crippen molar-refractivity contribution >= 4 is 18.0 Å². The Morgan fingerprint density at radius 3 is 2.50 bits per heavy atom. The van der Waals surface area contributed by atoms with Gasteiger partial charge < -0.3 is 20.1 Å². The van der Waals surface area contributed by atoms with E-state index < -0.39 is 24.0 Å². The molecule has 1 aliphatic heterocycles. The lowest BCUT2D eigenvalue weighted by atomic mass is 9.95. The molecule has 0 bridgehead atoms. The van der Waals surface area contributed by atoms with Crippen molar-refractivity contribution in [3.63, 3.8) is 0 Å². The quantitative estimate of drug-likeness (QED) is 0.725. The summed E-state index contributed by atoms with van der Waals surface area (Å²) in [5.74, 6) is -0.995. The van der Waals surface area contributed by atoms with Crippen molar-refractivity contribution in [3.05, 3.63) is 0 Å². The van der Waals surface area contributed by atoms with Crippen LogP contribution in [0.1, 0.15) is 26.7 Å². The molecule has 1 unspecified atom stereocenters. The van der Waals surface area contributed by atoms with Crippen LogP contribution in [0.3, 0.4) is 0 Å². The first-order chi connectivity index (χ1) is 9.35. The van der Waals surface area contributed by atoms with Gasteiger partial charge >= 0.3 is 18.0 Å². The standard InChI is InChI=1S/C13H22N2O5/c1-8(2)9-4-5-15(7-9)13(19)14-10(12(17)18)6-11(16)20-3/h8-10H,4-7H2,1-3H3,(H,14,19)(H,17,18)/t9?,10-/m0/s1. The second-order valence-corrected chi connectivity index (χ2v) is 5.36. The zero-order chi connectivity index (χ0) is 15.3. The lowest BCUT2D eigenvalue weighted by Gasteiger charge is -2.21. The number of amides is 2. The normalized spacial score (nSPS) is 19.8. The van der Waals surface area contributed by atoms with Gasteiger partial charge in [0.2, 0.25) is 0 Å². The molecule has 0 aromatic carbocycles. The van der Waals surface area contributed by atoms with Crippen LogP contribution >= 0.6 is 0 Å². The highest BCUT2D eigenvalue weighted by molar-refractivity contribution is 5.86. The number of hydrogen-bond donors (Lipinski definition) is 2. The summed E-state index contributed by atoms with van der Waals surface area (Å²) in [5, 5.41) is 11.4. The monoisotopic (exact) mass is 286 g/mol. The van der Waals surface area contributed by atoms with Crippen LogP contribution in [0.25, 0.3) is 0 Å². The maximum atomic E-state index is 12.0. The van der Waals surface area contributed by atoms with E-state index in [0.717, 1.165) is 6.42 Å². The van der Waals surface area contributed by atoms with E-state index in [1.54, 1.807) is 4.90 Å². The SMILES string of the molecule is COC(=O)C[C@H](NC(=O)N1CCC(C(C)C)C1)C(=O)O. The first kappa shape index (κ1) is 16.3. The van der Waals surface area contributed by atoms with Gasteiger partial charge in [-0.1, -0.05) is 13.8 Å². The van der Waals surface area contributed by atoms with Crippen molar-refractivity contribution in [2.45, 2.75) is 32.7 Å². The summed E-state index contributed by atoms with van der Waals surface area (Å²) in [4.78, 5) is 35.7. The van der Waals surface area contributed by atoms with Crippen LogP contribution in [0, 0.1) is 11.8 Å². The number of rotatable bonds is 5. The van der Waals surface area contributed by atoms with Crippen molar-refractivity contribution in [1.82, 2.24) is 10.2 Å². The third kappa shape index (κ3) is 4.40. The summed E-state index contributed by atoms with van der Waals surface area (Å²) >= 11 is 0. The molecule has 0 spiro atoms. The number of nitrogens with one attached hydrogen (secondary N) is 1. The smallest absolute Gasteiger partial charge is 0.326 e. The fraction of sp³-hybridized carbons (Fsp3) is 0.769. The summed E-state index contributed by atoms with van der Waals surface area (Å²) < 4.78 is 4.42. The summed E-state index contributed by atoms with van der Waals surface area (Å²) in [7, 11) is 1.18. The molecule has 0 aliphatic carbocycles. The summed E-state index contributed by atoms with van der Waals surface area (Å²) in [6.07, 6.45) is 0.541. The summed E-state index contributed by atoms with van der Waals surface area (Å²) in [5.41, 5.74) is 0. The molecule has 0 saturated carbocycles. The Morgan fingerprint density at radius 1 is 1.40 bits per heavy atom. The highest BCUT2D eigenvalue weighted by atomic mass is 16.5. The third-order valence-electron chi connectivity index (χ3n) is 3.65. The van der Waals surface area contributed by atoms with E-state index >= 15 is 0 Å². The number of hydrogen-bond acceptors (Lipinski definition) is 4. The predicted molar refractivity (Wildman–Crippen MR) is 71.1 cm³/mol. The molecule has 1 saturated heterocycles.